The molecule has 0 saturated heterocycles. The van der Waals surface area contributed by atoms with Crippen LogP contribution in [0.4, 0.5) is 5.82 Å². The molecule has 2 unspecified atom stereocenters. The normalized spacial score (nSPS) is 22.5. The number of hydrogen-bond donors (Lipinski definition) is 1. The first-order chi connectivity index (χ1) is 15.7. The van der Waals surface area contributed by atoms with Crippen molar-refractivity contribution in [3.63, 3.8) is 0 Å². The van der Waals surface area contributed by atoms with Crippen LogP contribution in [0.5, 0.6) is 5.75 Å². The van der Waals surface area contributed by atoms with Crippen molar-refractivity contribution in [3.8, 4) is 5.75 Å². The summed E-state index contributed by atoms with van der Waals surface area (Å²) in [5.74, 6) is 1.70. The molecule has 3 aromatic rings. The second-order valence-corrected chi connectivity index (χ2v) is 11.6. The lowest BCUT2D eigenvalue weighted by atomic mass is 9.57. The van der Waals surface area contributed by atoms with E-state index >= 15 is 0 Å². The second-order valence-electron chi connectivity index (χ2n) is 10.3. The summed E-state index contributed by atoms with van der Waals surface area (Å²) in [6.45, 7) is 2.77. The molecule has 33 heavy (non-hydrogen) atoms. The van der Waals surface area contributed by atoms with Crippen molar-refractivity contribution in [1.29, 1.82) is 0 Å². The fraction of sp³-hybridized carbons (Fsp3) is 0.458. The molecule has 0 spiro atoms. The van der Waals surface area contributed by atoms with Crippen LogP contribution in [0.1, 0.15) is 61.8 Å². The van der Waals surface area contributed by atoms with E-state index in [0.717, 1.165) is 40.9 Å². The summed E-state index contributed by atoms with van der Waals surface area (Å²) >= 11 is 0. The van der Waals surface area contributed by atoms with Gasteiger partial charge in [-0.15, -0.1) is 9.24 Å². The van der Waals surface area contributed by atoms with Gasteiger partial charge >= 0.3 is 0 Å². The maximum absolute atomic E-state index is 13.3. The molecule has 170 valence electrons. The lowest BCUT2D eigenvalue weighted by Gasteiger charge is -2.34. The fourth-order valence-corrected chi connectivity index (χ4v) is 5.82. The third-order valence-corrected chi connectivity index (χ3v) is 8.09. The average Bonchev–Trinajstić information content (AvgIpc) is 3.11. The van der Waals surface area contributed by atoms with Gasteiger partial charge in [-0.25, -0.2) is 9.97 Å². The Morgan fingerprint density at radius 3 is 2.70 bits per heavy atom. The highest BCUT2D eigenvalue weighted by Crippen LogP contribution is 2.45. The molecule has 0 amide bonds. The van der Waals surface area contributed by atoms with Crippen LogP contribution in [-0.4, -0.2) is 36.8 Å². The van der Waals surface area contributed by atoms with E-state index in [2.05, 4.69) is 65.3 Å². The molecule has 2 aromatic heterocycles. The molecule has 0 bridgehead atoms. The number of aryl methyl sites for hydroxylation is 1. The topological polar surface area (TPSA) is 69.0 Å². The SMILES string of the molecule is BC1(P)COc2c([C@@H](C)Nc3ncnc4c3cc(C3(B)CCCCC3)c(=O)n4C)cccc21. The van der Waals surface area contributed by atoms with E-state index in [9.17, 15) is 4.79 Å². The number of fused-ring (bicyclic) bond motifs is 2. The summed E-state index contributed by atoms with van der Waals surface area (Å²) in [7, 11) is 9.15. The van der Waals surface area contributed by atoms with Crippen LogP contribution in [0.15, 0.2) is 35.4 Å². The minimum Gasteiger partial charge on any atom is -0.492 e. The number of anilines is 1. The molecule has 3 atom stereocenters. The van der Waals surface area contributed by atoms with Crippen molar-refractivity contribution in [1.82, 2.24) is 14.5 Å². The lowest BCUT2D eigenvalue weighted by Crippen LogP contribution is -2.37. The smallest absolute Gasteiger partial charge is 0.254 e. The number of nitrogens with zero attached hydrogens (tertiary/aromatic N) is 3. The van der Waals surface area contributed by atoms with Crippen LogP contribution in [0.2, 0.25) is 0 Å². The lowest BCUT2D eigenvalue weighted by molar-refractivity contribution is 0.341. The molecular weight excluding hydrogens is 429 g/mol. The van der Waals surface area contributed by atoms with Gasteiger partial charge < -0.3 is 10.1 Å². The third-order valence-electron chi connectivity index (χ3n) is 7.61. The summed E-state index contributed by atoms with van der Waals surface area (Å²) < 4.78 is 7.78. The molecular formula is C24H31B2N4O2P. The van der Waals surface area contributed by atoms with E-state index < -0.39 is 0 Å². The highest BCUT2D eigenvalue weighted by molar-refractivity contribution is 7.21. The quantitative estimate of drug-likeness (QED) is 0.479. The van der Waals surface area contributed by atoms with Crippen LogP contribution >= 0.6 is 9.24 Å². The Kier molecular flexibility index (Phi) is 5.55. The maximum atomic E-state index is 13.3. The van der Waals surface area contributed by atoms with Crippen molar-refractivity contribution < 1.29 is 4.74 Å². The van der Waals surface area contributed by atoms with Gasteiger partial charge in [0.15, 0.2) is 0 Å². The second kappa shape index (κ2) is 8.16. The number of para-hydroxylation sites is 1. The van der Waals surface area contributed by atoms with Crippen molar-refractivity contribution in [2.45, 2.75) is 55.4 Å². The Morgan fingerprint density at radius 1 is 1.18 bits per heavy atom. The molecule has 9 heteroatoms. The zero-order valence-corrected chi connectivity index (χ0v) is 21.1. The van der Waals surface area contributed by atoms with Gasteiger partial charge in [0.25, 0.3) is 5.56 Å². The van der Waals surface area contributed by atoms with Gasteiger partial charge in [0.2, 0.25) is 0 Å². The van der Waals surface area contributed by atoms with Crippen LogP contribution in [0.25, 0.3) is 11.0 Å². The summed E-state index contributed by atoms with van der Waals surface area (Å²) in [6.07, 6.45) is 7.20. The van der Waals surface area contributed by atoms with Crippen molar-refractivity contribution in [3.05, 3.63) is 57.6 Å². The Morgan fingerprint density at radius 2 is 1.94 bits per heavy atom. The highest BCUT2D eigenvalue weighted by atomic mass is 31.0. The van der Waals surface area contributed by atoms with Gasteiger partial charge in [-0.05, 0) is 23.9 Å². The summed E-state index contributed by atoms with van der Waals surface area (Å²) in [5.41, 5.74) is 3.90. The molecule has 6 nitrogen and oxygen atoms in total. The number of rotatable bonds is 4. The number of benzene rings is 1. The number of aromatic nitrogens is 3. The van der Waals surface area contributed by atoms with Gasteiger partial charge in [0.05, 0.1) is 18.0 Å². The largest absolute Gasteiger partial charge is 0.492 e. The molecule has 3 heterocycles. The molecule has 1 aromatic carbocycles. The van der Waals surface area contributed by atoms with Crippen molar-refractivity contribution in [2.75, 3.05) is 11.9 Å². The monoisotopic (exact) mass is 460 g/mol. The zero-order chi connectivity index (χ0) is 23.4. The van der Waals surface area contributed by atoms with E-state index in [1.54, 1.807) is 4.57 Å². The minimum absolute atomic E-state index is 0.0251. The first kappa shape index (κ1) is 22.5. The Hall–Kier alpha value is -2.33. The molecule has 0 radical (unpaired) electrons. The summed E-state index contributed by atoms with van der Waals surface area (Å²) in [5, 5.41) is 4.31. The van der Waals surface area contributed by atoms with E-state index in [-0.39, 0.29) is 22.0 Å². The van der Waals surface area contributed by atoms with Gasteiger partial charge in [-0.3, -0.25) is 9.36 Å². The average molecular weight is 460 g/mol. The maximum Gasteiger partial charge on any atom is 0.254 e. The van der Waals surface area contributed by atoms with Gasteiger partial charge in [-0.2, -0.15) is 0 Å². The first-order valence-electron chi connectivity index (χ1n) is 11.9. The van der Waals surface area contributed by atoms with E-state index in [0.29, 0.717) is 12.3 Å². The highest BCUT2D eigenvalue weighted by Gasteiger charge is 2.35. The van der Waals surface area contributed by atoms with Crippen LogP contribution in [0.3, 0.4) is 0 Å². The Bertz CT molecular complexity index is 1290. The standard InChI is InChI=1S/C24H31B2N4O2P/c1-14(15-7-6-8-17-19(15)32-12-24(17,26)33)29-20-16-11-18(23(25)9-4-3-5-10-23)22(31)30(2)21(16)28-13-27-20/h6-8,11,13-14H,3-5,9-10,12,25-26,33H2,1-2H3,(H,27,28,29)/t14-,24?/m1/s1. The number of hydrogen-bond acceptors (Lipinski definition) is 5. The van der Waals surface area contributed by atoms with Crippen molar-refractivity contribution in [2.24, 2.45) is 7.05 Å². The van der Waals surface area contributed by atoms with E-state index in [1.165, 1.54) is 31.2 Å². The van der Waals surface area contributed by atoms with Crippen LogP contribution in [-0.2, 0) is 17.4 Å². The molecule has 1 aliphatic heterocycles. The third kappa shape index (κ3) is 3.77. The summed E-state index contributed by atoms with van der Waals surface area (Å²) in [4.78, 5) is 22.3. The van der Waals surface area contributed by atoms with E-state index in [1.807, 2.05) is 13.1 Å². The van der Waals surface area contributed by atoms with Crippen molar-refractivity contribution >= 4 is 41.8 Å². The molecule has 1 fully saturated rings. The van der Waals surface area contributed by atoms with Gasteiger partial charge in [0.1, 0.15) is 39.2 Å². The molecule has 1 N–H and O–H groups in total. The molecule has 2 aliphatic rings. The number of ether oxygens (including phenoxy) is 1. The predicted octanol–water partition coefficient (Wildman–Crippen LogP) is 2.35. The predicted molar refractivity (Wildman–Crippen MR) is 142 cm³/mol. The van der Waals surface area contributed by atoms with Gasteiger partial charge in [-0.1, -0.05) is 50.3 Å². The molecule has 5 rings (SSSR count). The first-order valence-corrected chi connectivity index (χ1v) is 12.5. The van der Waals surface area contributed by atoms with Gasteiger partial charge in [0, 0.05) is 23.2 Å². The Labute approximate surface area is 199 Å². The summed E-state index contributed by atoms with van der Waals surface area (Å²) in [6, 6.07) is 8.36. The molecule has 1 saturated carbocycles. The number of pyridine rings is 1. The van der Waals surface area contributed by atoms with E-state index in [4.69, 9.17) is 4.74 Å². The van der Waals surface area contributed by atoms with Crippen LogP contribution < -0.4 is 15.6 Å². The van der Waals surface area contributed by atoms with Crippen LogP contribution in [0, 0.1) is 0 Å². The minimum atomic E-state index is -0.0998. The molecule has 1 aliphatic carbocycles. The fourth-order valence-electron chi connectivity index (χ4n) is 5.51. The Balaban J connectivity index is 1.57. The number of nitrogens with one attached hydrogen (secondary N) is 1. The zero-order valence-electron chi connectivity index (χ0n) is 19.9.